The Morgan fingerprint density at radius 1 is 1.32 bits per heavy atom. The second kappa shape index (κ2) is 7.84. The fourth-order valence-corrected chi connectivity index (χ4v) is 2.68. The summed E-state index contributed by atoms with van der Waals surface area (Å²) in [5, 5.41) is 2.37. The van der Waals surface area contributed by atoms with Crippen molar-refractivity contribution in [1.82, 2.24) is 10.2 Å². The first-order valence-electron chi connectivity index (χ1n) is 7.05. The van der Waals surface area contributed by atoms with E-state index in [0.717, 1.165) is 23.1 Å². The molecule has 1 N–H and O–H groups in total. The average Bonchev–Trinajstić information content (AvgIpc) is 2.85. The first-order chi connectivity index (χ1) is 10.6. The van der Waals surface area contributed by atoms with E-state index in [1.54, 1.807) is 0 Å². The van der Waals surface area contributed by atoms with Gasteiger partial charge in [0, 0.05) is 13.1 Å². The molecule has 1 saturated heterocycles. The van der Waals surface area contributed by atoms with Crippen LogP contribution in [0.5, 0.6) is 5.75 Å². The molecule has 0 atom stereocenters. The second-order valence-corrected chi connectivity index (χ2v) is 5.66. The van der Waals surface area contributed by atoms with Crippen molar-refractivity contribution < 1.29 is 19.1 Å². The van der Waals surface area contributed by atoms with Gasteiger partial charge >= 0.3 is 0 Å². The molecule has 0 aromatic heterocycles. The fraction of sp³-hybridized carbons (Fsp3) is 0.400. The van der Waals surface area contributed by atoms with Crippen LogP contribution in [0.2, 0.25) is 0 Å². The third-order valence-electron chi connectivity index (χ3n) is 3.20. The van der Waals surface area contributed by atoms with Crippen LogP contribution in [0.25, 0.3) is 0 Å². The Labute approximate surface area is 133 Å². The molecule has 1 heterocycles. The number of rotatable bonds is 7. The third-order valence-corrected chi connectivity index (χ3v) is 4.06. The average molecular weight is 322 g/mol. The van der Waals surface area contributed by atoms with Crippen molar-refractivity contribution in [3.05, 3.63) is 29.8 Å². The lowest BCUT2D eigenvalue weighted by Gasteiger charge is -2.13. The van der Waals surface area contributed by atoms with Crippen molar-refractivity contribution in [1.29, 1.82) is 0 Å². The van der Waals surface area contributed by atoms with Crippen molar-refractivity contribution in [2.75, 3.05) is 25.4 Å². The number of carbonyl (C=O) groups is 3. The van der Waals surface area contributed by atoms with Crippen molar-refractivity contribution in [2.45, 2.75) is 13.3 Å². The van der Waals surface area contributed by atoms with Gasteiger partial charge in [-0.2, -0.15) is 0 Å². The highest BCUT2D eigenvalue weighted by Gasteiger charge is 2.29. The van der Waals surface area contributed by atoms with Crippen molar-refractivity contribution in [3.63, 3.8) is 0 Å². The minimum Gasteiger partial charge on any atom is -0.484 e. The van der Waals surface area contributed by atoms with E-state index in [2.05, 4.69) is 12.2 Å². The van der Waals surface area contributed by atoms with E-state index < -0.39 is 0 Å². The normalized spacial score (nSPS) is 14.3. The maximum atomic E-state index is 11.6. The zero-order valence-corrected chi connectivity index (χ0v) is 13.1. The molecule has 3 amide bonds. The number of hydrogen-bond donors (Lipinski definition) is 1. The Kier molecular flexibility index (Phi) is 5.83. The van der Waals surface area contributed by atoms with E-state index in [0.29, 0.717) is 5.75 Å². The van der Waals surface area contributed by atoms with E-state index in [1.165, 1.54) is 5.56 Å². The highest BCUT2D eigenvalue weighted by molar-refractivity contribution is 8.14. The summed E-state index contributed by atoms with van der Waals surface area (Å²) in [5.41, 5.74) is 1.20. The Hall–Kier alpha value is -2.02. The Morgan fingerprint density at radius 3 is 2.64 bits per heavy atom. The van der Waals surface area contributed by atoms with Crippen LogP contribution in [0.4, 0.5) is 4.79 Å². The number of nitrogens with zero attached hydrogens (tertiary/aromatic N) is 1. The number of imide groups is 1. The molecule has 118 valence electrons. The topological polar surface area (TPSA) is 75.7 Å². The predicted octanol–water partition coefficient (Wildman–Crippen LogP) is 1.44. The van der Waals surface area contributed by atoms with Crippen LogP contribution in [0.1, 0.15) is 12.5 Å². The molecule has 2 rings (SSSR count). The van der Waals surface area contributed by atoms with Gasteiger partial charge in [-0.3, -0.25) is 19.3 Å². The molecule has 7 heteroatoms. The monoisotopic (exact) mass is 322 g/mol. The summed E-state index contributed by atoms with van der Waals surface area (Å²) in [6, 6.07) is 7.56. The first kappa shape index (κ1) is 16.4. The van der Waals surface area contributed by atoms with Crippen LogP contribution < -0.4 is 10.1 Å². The summed E-state index contributed by atoms with van der Waals surface area (Å²) in [7, 11) is 0. The lowest BCUT2D eigenvalue weighted by Crippen LogP contribution is -2.38. The minimum atomic E-state index is -0.286. The third kappa shape index (κ3) is 4.49. The van der Waals surface area contributed by atoms with Crippen LogP contribution >= 0.6 is 11.8 Å². The molecular formula is C15H18N2O4S. The summed E-state index contributed by atoms with van der Waals surface area (Å²) in [5.74, 6) is 0.320. The van der Waals surface area contributed by atoms with E-state index >= 15 is 0 Å². The molecule has 6 nitrogen and oxygen atoms in total. The van der Waals surface area contributed by atoms with Gasteiger partial charge in [0.25, 0.3) is 11.1 Å². The van der Waals surface area contributed by atoms with Crippen molar-refractivity contribution >= 4 is 28.8 Å². The zero-order chi connectivity index (χ0) is 15.9. The lowest BCUT2D eigenvalue weighted by atomic mass is 10.2. The van der Waals surface area contributed by atoms with E-state index in [9.17, 15) is 14.4 Å². The van der Waals surface area contributed by atoms with Gasteiger partial charge in [0.2, 0.25) is 5.91 Å². The number of nitrogens with one attached hydrogen (secondary N) is 1. The van der Waals surface area contributed by atoms with Gasteiger partial charge in [0.15, 0.2) is 6.61 Å². The molecule has 22 heavy (non-hydrogen) atoms. The van der Waals surface area contributed by atoms with Crippen LogP contribution in [-0.2, 0) is 16.0 Å². The maximum absolute atomic E-state index is 11.6. The molecule has 1 aromatic carbocycles. The lowest BCUT2D eigenvalue weighted by molar-refractivity contribution is -0.126. The fourth-order valence-electron chi connectivity index (χ4n) is 1.93. The summed E-state index contributed by atoms with van der Waals surface area (Å²) in [4.78, 5) is 35.5. The molecule has 0 unspecified atom stereocenters. The second-order valence-electron chi connectivity index (χ2n) is 4.74. The van der Waals surface area contributed by atoms with Gasteiger partial charge in [-0.05, 0) is 24.1 Å². The quantitative estimate of drug-likeness (QED) is 0.822. The Balaban J connectivity index is 1.67. The molecule has 1 aliphatic rings. The highest BCUT2D eigenvalue weighted by atomic mass is 32.2. The van der Waals surface area contributed by atoms with Crippen LogP contribution in [0, 0.1) is 0 Å². The van der Waals surface area contributed by atoms with Crippen LogP contribution in [0.3, 0.4) is 0 Å². The molecule has 1 aromatic rings. The number of amides is 3. The number of hydrogen-bond acceptors (Lipinski definition) is 5. The maximum Gasteiger partial charge on any atom is 0.288 e. The smallest absolute Gasteiger partial charge is 0.288 e. The van der Waals surface area contributed by atoms with Gasteiger partial charge in [0.1, 0.15) is 5.75 Å². The van der Waals surface area contributed by atoms with E-state index in [-0.39, 0.29) is 42.5 Å². The zero-order valence-electron chi connectivity index (χ0n) is 12.3. The van der Waals surface area contributed by atoms with E-state index in [1.807, 2.05) is 24.3 Å². The summed E-state index contributed by atoms with van der Waals surface area (Å²) in [6.45, 7) is 2.40. The predicted molar refractivity (Wildman–Crippen MR) is 83.9 cm³/mol. The van der Waals surface area contributed by atoms with Crippen molar-refractivity contribution in [3.8, 4) is 5.75 Å². The van der Waals surface area contributed by atoms with Gasteiger partial charge < -0.3 is 10.1 Å². The molecule has 0 spiro atoms. The Bertz CT molecular complexity index is 543. The van der Waals surface area contributed by atoms with Crippen LogP contribution in [0.15, 0.2) is 24.3 Å². The van der Waals surface area contributed by atoms with Crippen molar-refractivity contribution in [2.24, 2.45) is 0 Å². The summed E-state index contributed by atoms with van der Waals surface area (Å²) < 4.78 is 5.37. The largest absolute Gasteiger partial charge is 0.484 e. The number of benzene rings is 1. The molecule has 0 radical (unpaired) electrons. The number of aryl methyl sites for hydroxylation is 1. The highest BCUT2D eigenvalue weighted by Crippen LogP contribution is 2.17. The molecule has 0 aliphatic carbocycles. The Morgan fingerprint density at radius 2 is 2.05 bits per heavy atom. The number of thioether (sulfide) groups is 1. The molecule has 0 saturated carbocycles. The van der Waals surface area contributed by atoms with Gasteiger partial charge in [-0.25, -0.2) is 0 Å². The SMILES string of the molecule is CCc1ccc(OCC(=O)NCCN2C(=O)CSC2=O)cc1. The van der Waals surface area contributed by atoms with Gasteiger partial charge in [-0.15, -0.1) is 0 Å². The molecule has 1 fully saturated rings. The van der Waals surface area contributed by atoms with Gasteiger partial charge in [0.05, 0.1) is 5.75 Å². The minimum absolute atomic E-state index is 0.0951. The summed E-state index contributed by atoms with van der Waals surface area (Å²) >= 11 is 0.983. The van der Waals surface area contributed by atoms with E-state index in [4.69, 9.17) is 4.74 Å². The molecule has 1 aliphatic heterocycles. The number of carbonyl (C=O) groups excluding carboxylic acids is 3. The number of ether oxygens (including phenoxy) is 1. The molecule has 0 bridgehead atoms. The van der Waals surface area contributed by atoms with Gasteiger partial charge in [-0.1, -0.05) is 30.8 Å². The molecular weight excluding hydrogens is 304 g/mol. The standard InChI is InChI=1S/C15H18N2O4S/c1-2-11-3-5-12(6-4-11)21-9-13(18)16-7-8-17-14(19)10-22-15(17)20/h3-6H,2,7-10H2,1H3,(H,16,18). The first-order valence-corrected chi connectivity index (χ1v) is 8.04. The van der Waals surface area contributed by atoms with Crippen LogP contribution in [-0.4, -0.2) is 47.4 Å². The summed E-state index contributed by atoms with van der Waals surface area (Å²) in [6.07, 6.45) is 0.951.